The van der Waals surface area contributed by atoms with Crippen LogP contribution in [0.25, 0.3) is 11.0 Å². The highest BCUT2D eigenvalue weighted by atomic mass is 32.2. The molecule has 0 aliphatic carbocycles. The van der Waals surface area contributed by atoms with E-state index in [0.29, 0.717) is 42.1 Å². The number of hydrogen-bond donors (Lipinski definition) is 1. The van der Waals surface area contributed by atoms with Crippen molar-refractivity contribution < 1.29 is 22.4 Å². The van der Waals surface area contributed by atoms with Gasteiger partial charge in [-0.2, -0.15) is 4.31 Å². The monoisotopic (exact) mass is 434 g/mol. The predicted molar refractivity (Wildman–Crippen MR) is 114 cm³/mol. The van der Waals surface area contributed by atoms with Crippen LogP contribution in [0, 0.1) is 12.8 Å². The molecule has 4 rings (SSSR count). The maximum absolute atomic E-state index is 13.1. The molecular weight excluding hydrogens is 404 g/mol. The lowest BCUT2D eigenvalue weighted by Gasteiger charge is -2.21. The van der Waals surface area contributed by atoms with Crippen LogP contribution in [0.3, 0.4) is 0 Å². The van der Waals surface area contributed by atoms with Gasteiger partial charge in [-0.15, -0.1) is 0 Å². The van der Waals surface area contributed by atoms with E-state index in [1.54, 1.807) is 29.4 Å². The molecule has 1 N–H and O–H groups in total. The van der Waals surface area contributed by atoms with E-state index in [9.17, 15) is 13.2 Å². The average molecular weight is 435 g/mol. The molecule has 0 spiro atoms. The summed E-state index contributed by atoms with van der Waals surface area (Å²) in [7, 11) is -3.55. The molecule has 0 atom stereocenters. The maximum Gasteiger partial charge on any atom is 0.287 e. The van der Waals surface area contributed by atoms with Crippen LogP contribution in [0.15, 0.2) is 27.5 Å². The molecule has 8 heteroatoms. The van der Waals surface area contributed by atoms with Gasteiger partial charge in [0.2, 0.25) is 10.0 Å². The minimum Gasteiger partial charge on any atom is -0.451 e. The van der Waals surface area contributed by atoms with Crippen molar-refractivity contribution in [2.24, 2.45) is 5.92 Å². The van der Waals surface area contributed by atoms with Crippen LogP contribution in [0.5, 0.6) is 0 Å². The molecule has 164 valence electrons. The Balaban J connectivity index is 1.54. The Morgan fingerprint density at radius 1 is 1.13 bits per heavy atom. The molecule has 3 heterocycles. The predicted octanol–water partition coefficient (Wildman–Crippen LogP) is 3.46. The van der Waals surface area contributed by atoms with Crippen molar-refractivity contribution in [1.29, 1.82) is 0 Å². The van der Waals surface area contributed by atoms with Gasteiger partial charge in [0.15, 0.2) is 5.76 Å². The summed E-state index contributed by atoms with van der Waals surface area (Å²) in [5.74, 6) is 0.409. The highest BCUT2D eigenvalue weighted by Gasteiger charge is 2.27. The Bertz CT molecular complexity index is 1000. The number of hydrogen-bond acceptors (Lipinski definition) is 5. The molecule has 0 saturated carbocycles. The molecule has 30 heavy (non-hydrogen) atoms. The molecule has 2 saturated heterocycles. The molecule has 0 radical (unpaired) electrons. The van der Waals surface area contributed by atoms with Gasteiger partial charge in [-0.1, -0.05) is 12.8 Å². The van der Waals surface area contributed by atoms with Gasteiger partial charge in [-0.05, 0) is 56.7 Å². The third-order valence-corrected chi connectivity index (χ3v) is 8.10. The average Bonchev–Trinajstić information content (AvgIpc) is 2.93. The van der Waals surface area contributed by atoms with E-state index in [2.05, 4.69) is 5.32 Å². The van der Waals surface area contributed by atoms with E-state index in [1.165, 1.54) is 0 Å². The summed E-state index contributed by atoms with van der Waals surface area (Å²) in [5, 5.41) is 3.63. The molecule has 2 aromatic rings. The van der Waals surface area contributed by atoms with Crippen molar-refractivity contribution in [2.45, 2.75) is 50.3 Å². The number of furan rings is 1. The van der Waals surface area contributed by atoms with Crippen molar-refractivity contribution in [2.75, 3.05) is 32.8 Å². The van der Waals surface area contributed by atoms with Gasteiger partial charge in [-0.25, -0.2) is 8.42 Å². The normalized spacial score (nSPS) is 19.6. The van der Waals surface area contributed by atoms with E-state index < -0.39 is 10.0 Å². The zero-order valence-corrected chi connectivity index (χ0v) is 18.3. The number of fused-ring (bicyclic) bond motifs is 1. The molecule has 7 nitrogen and oxygen atoms in total. The Morgan fingerprint density at radius 3 is 2.53 bits per heavy atom. The third kappa shape index (κ3) is 4.40. The number of sulfonamides is 1. The number of benzene rings is 1. The fourth-order valence-electron chi connectivity index (χ4n) is 4.28. The number of carbonyl (C=O) groups is 1. The first-order valence-electron chi connectivity index (χ1n) is 10.9. The Morgan fingerprint density at radius 2 is 1.83 bits per heavy atom. The number of amides is 1. The van der Waals surface area contributed by atoms with Crippen molar-refractivity contribution in [3.63, 3.8) is 0 Å². The van der Waals surface area contributed by atoms with Crippen LogP contribution in [0.4, 0.5) is 0 Å². The number of rotatable bonds is 5. The Kier molecular flexibility index (Phi) is 6.46. The molecule has 1 amide bonds. The van der Waals surface area contributed by atoms with Crippen LogP contribution in [-0.2, 0) is 14.8 Å². The molecular formula is C22H30N2O5S. The number of nitrogens with one attached hydrogen (secondary N) is 1. The molecule has 0 unspecified atom stereocenters. The first kappa shape index (κ1) is 21.3. The summed E-state index contributed by atoms with van der Waals surface area (Å²) < 4.78 is 39.0. The lowest BCUT2D eigenvalue weighted by Crippen LogP contribution is -2.32. The Labute approximate surface area is 177 Å². The second-order valence-corrected chi connectivity index (χ2v) is 10.2. The van der Waals surface area contributed by atoms with Gasteiger partial charge in [0.05, 0.1) is 4.90 Å². The third-order valence-electron chi connectivity index (χ3n) is 6.21. The van der Waals surface area contributed by atoms with E-state index >= 15 is 0 Å². The zero-order chi connectivity index (χ0) is 21.1. The van der Waals surface area contributed by atoms with Gasteiger partial charge < -0.3 is 14.5 Å². The highest BCUT2D eigenvalue weighted by molar-refractivity contribution is 7.89. The highest BCUT2D eigenvalue weighted by Crippen LogP contribution is 2.29. The minimum atomic E-state index is -3.55. The maximum atomic E-state index is 13.1. The number of carbonyl (C=O) groups excluding carboxylic acids is 1. The quantitative estimate of drug-likeness (QED) is 0.778. The van der Waals surface area contributed by atoms with Crippen molar-refractivity contribution in [1.82, 2.24) is 9.62 Å². The summed E-state index contributed by atoms with van der Waals surface area (Å²) in [6.45, 7) is 4.98. The molecule has 2 fully saturated rings. The summed E-state index contributed by atoms with van der Waals surface area (Å²) in [6, 6.07) is 4.88. The molecule has 1 aromatic carbocycles. The van der Waals surface area contributed by atoms with Gasteiger partial charge in [0.1, 0.15) is 5.58 Å². The van der Waals surface area contributed by atoms with E-state index in [-0.39, 0.29) is 16.6 Å². The molecule has 1 aromatic heterocycles. The standard InChI is InChI=1S/C22H30N2O5S/c1-16-19-14-18(30(26,27)24-10-4-2-3-5-11-24)6-7-20(19)29-21(16)22(25)23-15-17-8-12-28-13-9-17/h6-7,14,17H,2-5,8-13,15H2,1H3,(H,23,25). The first-order chi connectivity index (χ1) is 14.5. The lowest BCUT2D eigenvalue weighted by molar-refractivity contribution is 0.0639. The fraction of sp³-hybridized carbons (Fsp3) is 0.591. The van der Waals surface area contributed by atoms with Gasteiger partial charge >= 0.3 is 0 Å². The molecule has 2 aliphatic heterocycles. The number of aryl methyl sites for hydroxylation is 1. The van der Waals surface area contributed by atoms with Gasteiger partial charge in [-0.3, -0.25) is 4.79 Å². The minimum absolute atomic E-state index is 0.251. The van der Waals surface area contributed by atoms with Crippen molar-refractivity contribution >= 4 is 26.9 Å². The number of nitrogens with zero attached hydrogens (tertiary/aromatic N) is 1. The van der Waals surface area contributed by atoms with Crippen LogP contribution >= 0.6 is 0 Å². The second kappa shape index (κ2) is 9.08. The van der Waals surface area contributed by atoms with E-state index in [4.69, 9.17) is 9.15 Å². The van der Waals surface area contributed by atoms with Crippen molar-refractivity contribution in [3.8, 4) is 0 Å². The Hall–Kier alpha value is -1.90. The van der Waals surface area contributed by atoms with Crippen LogP contribution in [0.2, 0.25) is 0 Å². The van der Waals surface area contributed by atoms with E-state index in [0.717, 1.165) is 51.7 Å². The van der Waals surface area contributed by atoms with Crippen LogP contribution in [0.1, 0.15) is 54.6 Å². The van der Waals surface area contributed by atoms with Gasteiger partial charge in [0.25, 0.3) is 5.91 Å². The van der Waals surface area contributed by atoms with Crippen molar-refractivity contribution in [3.05, 3.63) is 29.5 Å². The smallest absolute Gasteiger partial charge is 0.287 e. The topological polar surface area (TPSA) is 88.8 Å². The largest absolute Gasteiger partial charge is 0.451 e. The molecule has 2 aliphatic rings. The summed E-state index contributed by atoms with van der Waals surface area (Å²) in [6.07, 6.45) is 5.80. The second-order valence-electron chi connectivity index (χ2n) is 8.30. The fourth-order valence-corrected chi connectivity index (χ4v) is 5.82. The molecule has 0 bridgehead atoms. The lowest BCUT2D eigenvalue weighted by atomic mass is 10.0. The van der Waals surface area contributed by atoms with Gasteiger partial charge in [0, 0.05) is 43.8 Å². The van der Waals surface area contributed by atoms with E-state index in [1.807, 2.05) is 0 Å². The first-order valence-corrected chi connectivity index (χ1v) is 12.3. The summed E-state index contributed by atoms with van der Waals surface area (Å²) in [5.41, 5.74) is 1.20. The SMILES string of the molecule is Cc1c(C(=O)NCC2CCOCC2)oc2ccc(S(=O)(=O)N3CCCCCC3)cc12. The van der Waals surface area contributed by atoms with Crippen LogP contribution in [-0.4, -0.2) is 51.5 Å². The summed E-state index contributed by atoms with van der Waals surface area (Å²) in [4.78, 5) is 12.9. The number of ether oxygens (including phenoxy) is 1. The van der Waals surface area contributed by atoms with Crippen LogP contribution < -0.4 is 5.32 Å². The zero-order valence-electron chi connectivity index (χ0n) is 17.5. The summed E-state index contributed by atoms with van der Waals surface area (Å²) >= 11 is 0.